The molecule has 4 rings (SSSR count). The molecule has 3 aliphatic rings. The highest BCUT2D eigenvalue weighted by Crippen LogP contribution is 2.73. The van der Waals surface area contributed by atoms with Crippen LogP contribution in [-0.4, -0.2) is 49.0 Å². The number of benzene rings is 1. The molecular formula is C37H57F6O3Si2. The van der Waals surface area contributed by atoms with E-state index in [1.165, 1.54) is 30.8 Å². The minimum Gasteiger partial charge on any atom is -0.497 e. The maximum Gasteiger partial charge on any atom is 0.425 e. The largest absolute Gasteiger partial charge is 0.497 e. The number of rotatable bonds is 12. The van der Waals surface area contributed by atoms with E-state index in [1.54, 1.807) is 7.11 Å². The van der Waals surface area contributed by atoms with E-state index in [-0.39, 0.29) is 40.9 Å². The summed E-state index contributed by atoms with van der Waals surface area (Å²) < 4.78 is 103. The summed E-state index contributed by atoms with van der Waals surface area (Å²) in [5.74, 6) is 1.55. The van der Waals surface area contributed by atoms with Crippen LogP contribution in [0.15, 0.2) is 30.9 Å². The maximum absolute atomic E-state index is 14.4. The van der Waals surface area contributed by atoms with Crippen molar-refractivity contribution in [3.05, 3.63) is 42.0 Å². The number of unbranched alkanes of at least 4 members (excludes halogenated alkanes) is 1. The third-order valence-electron chi connectivity index (χ3n) is 11.8. The Morgan fingerprint density at radius 2 is 1.65 bits per heavy atom. The molecule has 0 amide bonds. The van der Waals surface area contributed by atoms with Crippen LogP contribution < -0.4 is 4.74 Å². The van der Waals surface area contributed by atoms with Crippen molar-refractivity contribution in [1.29, 1.82) is 0 Å². The minimum absolute atomic E-state index is 0.000608. The van der Waals surface area contributed by atoms with Gasteiger partial charge in [-0.05, 0) is 147 Å². The molecular weight excluding hydrogens is 663 g/mol. The normalized spacial score (nSPS) is 29.8. The van der Waals surface area contributed by atoms with Crippen molar-refractivity contribution < 1.29 is 39.9 Å². The van der Waals surface area contributed by atoms with Gasteiger partial charge in [-0.15, -0.1) is 6.58 Å². The van der Waals surface area contributed by atoms with Crippen LogP contribution in [0.3, 0.4) is 0 Å². The van der Waals surface area contributed by atoms with Gasteiger partial charge < -0.3 is 13.6 Å². The molecule has 2 saturated carbocycles. The standard InChI is InChI=1S/C37H57F6O3Si2/c1-11-33-21-19-25-22-27(44-5)15-16-28(25)31(33)26(23-34(24-45-47(6)7)29(32(2,3)4)17-18-30(33)34)14-12-13-20-35(36(38,39)40,37(41,42)43)46-48(8,9)10/h11,15-16,22,26,29-31H,1,12-14,17-21,23-24H2,2-10H3/t26-,29+,30-,31+,33-,34-/m0/s1. The second-order valence-corrected chi connectivity index (χ2v) is 23.6. The van der Waals surface area contributed by atoms with Gasteiger partial charge in [-0.2, -0.15) is 26.3 Å². The lowest BCUT2D eigenvalue weighted by Gasteiger charge is -2.63. The van der Waals surface area contributed by atoms with Crippen molar-refractivity contribution in [2.75, 3.05) is 13.7 Å². The Balaban J connectivity index is 1.78. The van der Waals surface area contributed by atoms with Crippen molar-refractivity contribution in [3.8, 4) is 5.75 Å². The van der Waals surface area contributed by atoms with Gasteiger partial charge in [0.25, 0.3) is 0 Å². The van der Waals surface area contributed by atoms with Crippen LogP contribution in [-0.2, 0) is 15.3 Å². The Hall–Kier alpha value is -1.31. The molecule has 0 unspecified atom stereocenters. The molecule has 0 heterocycles. The number of aryl methyl sites for hydroxylation is 1. The molecule has 1 aromatic carbocycles. The molecule has 2 fully saturated rings. The molecule has 48 heavy (non-hydrogen) atoms. The molecule has 0 aromatic heterocycles. The summed E-state index contributed by atoms with van der Waals surface area (Å²) in [6.07, 6.45) is -4.90. The van der Waals surface area contributed by atoms with Crippen LogP contribution in [0.4, 0.5) is 26.3 Å². The lowest BCUT2D eigenvalue weighted by atomic mass is 9.42. The topological polar surface area (TPSA) is 27.7 Å². The number of fused-ring (bicyclic) bond motifs is 5. The molecule has 0 spiro atoms. The van der Waals surface area contributed by atoms with Crippen LogP contribution in [0.5, 0.6) is 5.75 Å². The zero-order valence-corrected chi connectivity index (χ0v) is 32.4. The van der Waals surface area contributed by atoms with Gasteiger partial charge in [0.2, 0.25) is 14.6 Å². The molecule has 273 valence electrons. The summed E-state index contributed by atoms with van der Waals surface area (Å²) in [6.45, 7) is 20.4. The van der Waals surface area contributed by atoms with E-state index in [0.717, 1.165) is 37.9 Å². The van der Waals surface area contributed by atoms with Crippen molar-refractivity contribution in [1.82, 2.24) is 0 Å². The third-order valence-corrected chi connectivity index (χ3v) is 13.5. The first-order chi connectivity index (χ1) is 22.0. The Labute approximate surface area is 287 Å². The Morgan fingerprint density at radius 1 is 1.00 bits per heavy atom. The number of ether oxygens (including phenoxy) is 1. The molecule has 0 N–H and O–H groups in total. The van der Waals surface area contributed by atoms with E-state index in [9.17, 15) is 26.3 Å². The maximum atomic E-state index is 14.4. The molecule has 6 atom stereocenters. The van der Waals surface area contributed by atoms with Gasteiger partial charge in [-0.25, -0.2) is 0 Å². The summed E-state index contributed by atoms with van der Waals surface area (Å²) >= 11 is 0. The SMILES string of the molecule is C=C[C@@]12CCc3cc(OC)ccc3[C@H]1[C@@H](CCCCC(O[Si](C)(C)C)(C(F)(F)F)C(F)(F)F)C[C@]1(CO[Si](C)C)[C@@H](C(C)(C)C)CC[C@@H]21. The fourth-order valence-electron chi connectivity index (χ4n) is 10.3. The lowest BCUT2D eigenvalue weighted by Crippen LogP contribution is -2.62. The van der Waals surface area contributed by atoms with E-state index in [4.69, 9.17) is 13.6 Å². The summed E-state index contributed by atoms with van der Waals surface area (Å²) in [4.78, 5) is 0. The smallest absolute Gasteiger partial charge is 0.425 e. The first-order valence-corrected chi connectivity index (χ1v) is 23.4. The second-order valence-electron chi connectivity index (χ2n) is 17.1. The highest BCUT2D eigenvalue weighted by atomic mass is 28.4. The quantitative estimate of drug-likeness (QED) is 0.0932. The van der Waals surface area contributed by atoms with Gasteiger partial charge in [-0.3, -0.25) is 0 Å². The first-order valence-electron chi connectivity index (χ1n) is 17.5. The molecule has 3 aliphatic carbocycles. The fourth-order valence-corrected chi connectivity index (χ4v) is 12.3. The van der Waals surface area contributed by atoms with Gasteiger partial charge in [0.15, 0.2) is 8.32 Å². The van der Waals surface area contributed by atoms with E-state index in [2.05, 4.69) is 58.7 Å². The molecule has 11 heteroatoms. The molecule has 0 bridgehead atoms. The number of hydrogen-bond donors (Lipinski definition) is 0. The number of hydrogen-bond acceptors (Lipinski definition) is 3. The average molecular weight is 720 g/mol. The lowest BCUT2D eigenvalue weighted by molar-refractivity contribution is -0.362. The molecule has 0 saturated heterocycles. The zero-order chi connectivity index (χ0) is 36.1. The van der Waals surface area contributed by atoms with Crippen molar-refractivity contribution in [2.45, 2.75) is 135 Å². The number of halogens is 6. The van der Waals surface area contributed by atoms with Crippen LogP contribution in [0.2, 0.25) is 32.7 Å². The fraction of sp³-hybridized carbons (Fsp3) is 0.784. The zero-order valence-electron chi connectivity index (χ0n) is 30.4. The Kier molecular flexibility index (Phi) is 11.2. The Bertz CT molecular complexity index is 1270. The van der Waals surface area contributed by atoms with E-state index in [1.807, 2.05) is 6.07 Å². The van der Waals surface area contributed by atoms with Crippen LogP contribution in [0.1, 0.15) is 89.2 Å². The van der Waals surface area contributed by atoms with Gasteiger partial charge in [0.05, 0.1) is 7.11 Å². The van der Waals surface area contributed by atoms with Gasteiger partial charge in [0.1, 0.15) is 5.75 Å². The van der Waals surface area contributed by atoms with Crippen molar-refractivity contribution in [3.63, 3.8) is 0 Å². The van der Waals surface area contributed by atoms with Gasteiger partial charge in [0, 0.05) is 6.61 Å². The van der Waals surface area contributed by atoms with Crippen molar-refractivity contribution in [2.24, 2.45) is 34.0 Å². The molecule has 1 aromatic rings. The monoisotopic (exact) mass is 719 g/mol. The molecule has 0 aliphatic heterocycles. The average Bonchev–Trinajstić information content (AvgIpc) is 3.36. The van der Waals surface area contributed by atoms with Gasteiger partial charge in [-0.1, -0.05) is 39.3 Å². The van der Waals surface area contributed by atoms with Crippen LogP contribution >= 0.6 is 0 Å². The van der Waals surface area contributed by atoms with E-state index >= 15 is 0 Å². The van der Waals surface area contributed by atoms with E-state index in [0.29, 0.717) is 24.9 Å². The Morgan fingerprint density at radius 3 is 2.17 bits per heavy atom. The number of alkyl halides is 6. The third kappa shape index (κ3) is 7.22. The number of allylic oxidation sites excluding steroid dienone is 1. The highest BCUT2D eigenvalue weighted by molar-refractivity contribution is 6.69. The predicted molar refractivity (Wildman–Crippen MR) is 184 cm³/mol. The second kappa shape index (κ2) is 13.7. The summed E-state index contributed by atoms with van der Waals surface area (Å²) in [7, 11) is -2.60. The van der Waals surface area contributed by atoms with E-state index < -0.39 is 41.7 Å². The summed E-state index contributed by atoms with van der Waals surface area (Å²) in [6, 6.07) is 6.21. The minimum atomic E-state index is -5.58. The molecule has 3 nitrogen and oxygen atoms in total. The summed E-state index contributed by atoms with van der Waals surface area (Å²) in [5, 5.41) is 0. The van der Waals surface area contributed by atoms with Gasteiger partial charge >= 0.3 is 12.4 Å². The summed E-state index contributed by atoms with van der Waals surface area (Å²) in [5.41, 5.74) is -2.16. The highest BCUT2D eigenvalue weighted by Gasteiger charge is 2.72. The predicted octanol–water partition coefficient (Wildman–Crippen LogP) is 11.5. The van der Waals surface area contributed by atoms with Crippen LogP contribution in [0, 0.1) is 34.0 Å². The van der Waals surface area contributed by atoms with Crippen LogP contribution in [0.25, 0.3) is 0 Å². The van der Waals surface area contributed by atoms with Crippen molar-refractivity contribution >= 4 is 17.4 Å². The molecule has 1 radical (unpaired) electrons. The number of methoxy groups -OCH3 is 1. The first kappa shape index (κ1) is 39.5.